The molecule has 0 saturated heterocycles. The number of pyridine rings is 1. The zero-order valence-electron chi connectivity index (χ0n) is 11.1. The van der Waals surface area contributed by atoms with Crippen molar-refractivity contribution in [1.29, 1.82) is 0 Å². The van der Waals surface area contributed by atoms with Crippen LogP contribution in [0.25, 0.3) is 0 Å². The summed E-state index contributed by atoms with van der Waals surface area (Å²) in [5, 5.41) is 1.84. The molecule has 0 amide bonds. The molecule has 0 aliphatic rings. The van der Waals surface area contributed by atoms with Crippen molar-refractivity contribution in [3.05, 3.63) is 57.7 Å². The molecule has 5 heteroatoms. The molecular formula is C15H16BrClN2S. The predicted octanol–water partition coefficient (Wildman–Crippen LogP) is 5.07. The Bertz CT molecular complexity index is 562. The second kappa shape index (κ2) is 7.46. The highest BCUT2D eigenvalue weighted by molar-refractivity contribution is 9.10. The monoisotopic (exact) mass is 370 g/mol. The van der Waals surface area contributed by atoms with Gasteiger partial charge in [0.25, 0.3) is 0 Å². The normalized spacial score (nSPS) is 14.0. The van der Waals surface area contributed by atoms with Crippen LogP contribution in [0.2, 0.25) is 5.02 Å². The van der Waals surface area contributed by atoms with Crippen LogP contribution in [0.3, 0.4) is 0 Å². The number of thioether (sulfide) groups is 1. The molecule has 2 unspecified atom stereocenters. The van der Waals surface area contributed by atoms with Gasteiger partial charge in [-0.15, -0.1) is 0 Å². The van der Waals surface area contributed by atoms with E-state index in [0.29, 0.717) is 0 Å². The first kappa shape index (κ1) is 15.8. The smallest absolute Gasteiger partial charge is 0.0967 e. The fourth-order valence-corrected chi connectivity index (χ4v) is 3.47. The summed E-state index contributed by atoms with van der Waals surface area (Å²) >= 11 is 11.2. The number of hydrogen-bond acceptors (Lipinski definition) is 3. The molecule has 1 heterocycles. The molecule has 0 spiro atoms. The van der Waals surface area contributed by atoms with Crippen LogP contribution in [0, 0.1) is 0 Å². The van der Waals surface area contributed by atoms with E-state index in [2.05, 4.69) is 33.9 Å². The van der Waals surface area contributed by atoms with Gasteiger partial charge in [-0.1, -0.05) is 42.4 Å². The fourth-order valence-electron chi connectivity index (χ4n) is 1.86. The molecule has 2 aromatic rings. The second-order valence-corrected chi connectivity index (χ2v) is 6.99. The molecule has 2 nitrogen and oxygen atoms in total. The van der Waals surface area contributed by atoms with E-state index in [1.807, 2.05) is 30.3 Å². The van der Waals surface area contributed by atoms with E-state index in [4.69, 9.17) is 17.3 Å². The van der Waals surface area contributed by atoms with Crippen LogP contribution in [-0.4, -0.2) is 11.0 Å². The lowest BCUT2D eigenvalue weighted by molar-refractivity contribution is 0.633. The second-order valence-electron chi connectivity index (χ2n) is 4.48. The van der Waals surface area contributed by atoms with Crippen molar-refractivity contribution >= 4 is 39.3 Å². The van der Waals surface area contributed by atoms with E-state index >= 15 is 0 Å². The van der Waals surface area contributed by atoms with Crippen molar-refractivity contribution in [2.24, 2.45) is 5.73 Å². The highest BCUT2D eigenvalue weighted by Crippen LogP contribution is 2.38. The summed E-state index contributed by atoms with van der Waals surface area (Å²) in [6.07, 6.45) is 2.70. The van der Waals surface area contributed by atoms with Crippen LogP contribution in [0.4, 0.5) is 0 Å². The minimum atomic E-state index is 0.0592. The standard InChI is InChI=1S/C15H16BrClN2S/c1-2-13(18)15(10-4-3-5-12(17)8-10)20-14-7-6-11(16)9-19-14/h3-9,13,15H,2,18H2,1H3. The third-order valence-corrected chi connectivity index (χ3v) is 5.05. The van der Waals surface area contributed by atoms with Gasteiger partial charge in [0.1, 0.15) is 0 Å². The third-order valence-electron chi connectivity index (χ3n) is 2.99. The first-order chi connectivity index (χ1) is 9.60. The highest BCUT2D eigenvalue weighted by Gasteiger charge is 2.20. The van der Waals surface area contributed by atoms with Gasteiger partial charge in [0.2, 0.25) is 0 Å². The molecule has 0 radical (unpaired) electrons. The molecule has 0 bridgehead atoms. The predicted molar refractivity (Wildman–Crippen MR) is 90.3 cm³/mol. The maximum atomic E-state index is 6.28. The quantitative estimate of drug-likeness (QED) is 0.746. The Morgan fingerprint density at radius 2 is 2.15 bits per heavy atom. The van der Waals surface area contributed by atoms with Crippen LogP contribution in [0.1, 0.15) is 24.2 Å². The Labute approximate surface area is 137 Å². The average Bonchev–Trinajstić information content (AvgIpc) is 2.46. The molecule has 0 aliphatic heterocycles. The van der Waals surface area contributed by atoms with Crippen LogP contribution in [0.5, 0.6) is 0 Å². The number of nitrogens with two attached hydrogens (primary N) is 1. The molecule has 1 aromatic heterocycles. The summed E-state index contributed by atoms with van der Waals surface area (Å²) in [6.45, 7) is 2.10. The van der Waals surface area contributed by atoms with Crippen LogP contribution >= 0.6 is 39.3 Å². The maximum Gasteiger partial charge on any atom is 0.0967 e. The van der Waals surface area contributed by atoms with Crippen molar-refractivity contribution < 1.29 is 0 Å². The third kappa shape index (κ3) is 4.22. The molecule has 0 saturated carbocycles. The number of halogens is 2. The van der Waals surface area contributed by atoms with E-state index < -0.39 is 0 Å². The number of nitrogens with zero attached hydrogens (tertiary/aromatic N) is 1. The van der Waals surface area contributed by atoms with Crippen LogP contribution in [-0.2, 0) is 0 Å². The molecular weight excluding hydrogens is 356 g/mol. The van der Waals surface area contributed by atoms with E-state index in [-0.39, 0.29) is 11.3 Å². The average molecular weight is 372 g/mol. The lowest BCUT2D eigenvalue weighted by atomic mass is 10.0. The van der Waals surface area contributed by atoms with Gasteiger partial charge in [-0.05, 0) is 52.2 Å². The molecule has 20 heavy (non-hydrogen) atoms. The molecule has 2 rings (SSSR count). The van der Waals surface area contributed by atoms with E-state index in [1.165, 1.54) is 0 Å². The zero-order valence-corrected chi connectivity index (χ0v) is 14.3. The highest BCUT2D eigenvalue weighted by atomic mass is 79.9. The largest absolute Gasteiger partial charge is 0.326 e. The lowest BCUT2D eigenvalue weighted by Crippen LogP contribution is -2.25. The zero-order chi connectivity index (χ0) is 14.5. The fraction of sp³-hybridized carbons (Fsp3) is 0.267. The van der Waals surface area contributed by atoms with Crippen LogP contribution < -0.4 is 5.73 Å². The Balaban J connectivity index is 2.26. The van der Waals surface area contributed by atoms with Gasteiger partial charge in [0.15, 0.2) is 0 Å². The minimum Gasteiger partial charge on any atom is -0.326 e. The SMILES string of the molecule is CCC(N)C(Sc1ccc(Br)cn1)c1cccc(Cl)c1. The van der Waals surface area contributed by atoms with Gasteiger partial charge in [-0.25, -0.2) is 4.98 Å². The van der Waals surface area contributed by atoms with E-state index in [1.54, 1.807) is 18.0 Å². The van der Waals surface area contributed by atoms with Crippen molar-refractivity contribution in [2.45, 2.75) is 29.7 Å². The van der Waals surface area contributed by atoms with Crippen molar-refractivity contribution in [2.75, 3.05) is 0 Å². The summed E-state index contributed by atoms with van der Waals surface area (Å²) in [7, 11) is 0. The van der Waals surface area contributed by atoms with Crippen LogP contribution in [0.15, 0.2) is 52.1 Å². The minimum absolute atomic E-state index is 0.0592. The topological polar surface area (TPSA) is 38.9 Å². The van der Waals surface area contributed by atoms with Gasteiger partial charge < -0.3 is 5.73 Å². The summed E-state index contributed by atoms with van der Waals surface area (Å²) < 4.78 is 0.973. The molecule has 106 valence electrons. The Kier molecular flexibility index (Phi) is 5.90. The Morgan fingerprint density at radius 1 is 1.35 bits per heavy atom. The van der Waals surface area contributed by atoms with Gasteiger partial charge >= 0.3 is 0 Å². The van der Waals surface area contributed by atoms with Gasteiger partial charge in [0.05, 0.1) is 10.3 Å². The van der Waals surface area contributed by atoms with Gasteiger partial charge in [-0.2, -0.15) is 0 Å². The lowest BCUT2D eigenvalue weighted by Gasteiger charge is -2.22. The Morgan fingerprint density at radius 3 is 2.75 bits per heavy atom. The molecule has 0 aliphatic carbocycles. The molecule has 0 fully saturated rings. The Hall–Kier alpha value is -0.550. The number of benzene rings is 1. The van der Waals surface area contributed by atoms with Crippen molar-refractivity contribution in [3.8, 4) is 0 Å². The molecule has 2 atom stereocenters. The van der Waals surface area contributed by atoms with Crippen molar-refractivity contribution in [1.82, 2.24) is 4.98 Å². The number of rotatable bonds is 5. The summed E-state index contributed by atoms with van der Waals surface area (Å²) in [6, 6.07) is 11.9. The molecule has 1 aromatic carbocycles. The van der Waals surface area contributed by atoms with E-state index in [9.17, 15) is 0 Å². The first-order valence-corrected chi connectivity index (χ1v) is 8.44. The van der Waals surface area contributed by atoms with E-state index in [0.717, 1.165) is 26.5 Å². The summed E-state index contributed by atoms with van der Waals surface area (Å²) in [5.41, 5.74) is 7.42. The number of aromatic nitrogens is 1. The summed E-state index contributed by atoms with van der Waals surface area (Å²) in [5.74, 6) is 0. The van der Waals surface area contributed by atoms with Gasteiger partial charge in [-0.3, -0.25) is 0 Å². The maximum absolute atomic E-state index is 6.28. The summed E-state index contributed by atoms with van der Waals surface area (Å²) in [4.78, 5) is 4.41. The number of hydrogen-bond donors (Lipinski definition) is 1. The molecule has 2 N–H and O–H groups in total. The van der Waals surface area contributed by atoms with Crippen molar-refractivity contribution in [3.63, 3.8) is 0 Å². The van der Waals surface area contributed by atoms with Gasteiger partial charge in [0, 0.05) is 21.7 Å². The first-order valence-electron chi connectivity index (χ1n) is 6.39.